The van der Waals surface area contributed by atoms with Crippen molar-refractivity contribution >= 4 is 33.0 Å². The van der Waals surface area contributed by atoms with Crippen LogP contribution in [-0.2, 0) is 27.9 Å². The van der Waals surface area contributed by atoms with Crippen molar-refractivity contribution in [2.24, 2.45) is 0 Å². The first-order chi connectivity index (χ1) is 15.3. The fourth-order valence-corrected chi connectivity index (χ4v) is 5.93. The molecule has 1 amide bonds. The van der Waals surface area contributed by atoms with E-state index in [4.69, 9.17) is 4.42 Å². The van der Waals surface area contributed by atoms with Gasteiger partial charge in [-0.05, 0) is 48.2 Å². The number of thiophene rings is 1. The van der Waals surface area contributed by atoms with Crippen LogP contribution in [0, 0.1) is 6.92 Å². The van der Waals surface area contributed by atoms with Crippen molar-refractivity contribution in [1.29, 1.82) is 0 Å². The molecule has 3 aromatic rings. The van der Waals surface area contributed by atoms with Crippen molar-refractivity contribution < 1.29 is 17.6 Å². The van der Waals surface area contributed by atoms with E-state index in [-0.39, 0.29) is 17.3 Å². The number of furan rings is 1. The van der Waals surface area contributed by atoms with Crippen LogP contribution < -0.4 is 5.32 Å². The van der Waals surface area contributed by atoms with Gasteiger partial charge in [-0.25, -0.2) is 8.42 Å². The molecule has 0 saturated heterocycles. The number of benzene rings is 1. The third-order valence-corrected chi connectivity index (χ3v) is 8.13. The molecule has 0 spiro atoms. The smallest absolute Gasteiger partial charge is 0.243 e. The number of carbonyl (C=O) groups is 1. The van der Waals surface area contributed by atoms with E-state index >= 15 is 0 Å². The molecule has 32 heavy (non-hydrogen) atoms. The summed E-state index contributed by atoms with van der Waals surface area (Å²) < 4.78 is 32.8. The predicted octanol–water partition coefficient (Wildman–Crippen LogP) is 4.32. The van der Waals surface area contributed by atoms with Crippen LogP contribution in [0.1, 0.15) is 30.0 Å². The van der Waals surface area contributed by atoms with Crippen molar-refractivity contribution in [1.82, 2.24) is 9.21 Å². The maximum Gasteiger partial charge on any atom is 0.243 e. The zero-order chi connectivity index (χ0) is 23.1. The SMILES string of the molecule is CCN(CC)S(=O)(=O)c1cc(NC(=O)CN(Cc2ccco2)Cc2cccs2)ccc1C. The van der Waals surface area contributed by atoms with Crippen molar-refractivity contribution in [3.05, 3.63) is 70.3 Å². The third-order valence-electron chi connectivity index (χ3n) is 5.08. The molecule has 9 heteroatoms. The zero-order valence-electron chi connectivity index (χ0n) is 18.6. The van der Waals surface area contributed by atoms with Gasteiger partial charge in [-0.15, -0.1) is 11.3 Å². The van der Waals surface area contributed by atoms with E-state index in [1.54, 1.807) is 36.7 Å². The minimum absolute atomic E-state index is 0.143. The number of nitrogens with one attached hydrogen (secondary N) is 1. The van der Waals surface area contributed by atoms with Gasteiger partial charge in [-0.2, -0.15) is 4.31 Å². The molecule has 0 radical (unpaired) electrons. The van der Waals surface area contributed by atoms with Crippen molar-refractivity contribution in [2.45, 2.75) is 38.8 Å². The van der Waals surface area contributed by atoms with Crippen molar-refractivity contribution in [3.8, 4) is 0 Å². The molecule has 0 aliphatic carbocycles. The zero-order valence-corrected chi connectivity index (χ0v) is 20.2. The average molecular weight is 476 g/mol. The molecule has 0 aliphatic heterocycles. The highest BCUT2D eigenvalue weighted by Gasteiger charge is 2.24. The summed E-state index contributed by atoms with van der Waals surface area (Å²) in [5, 5.41) is 4.86. The lowest BCUT2D eigenvalue weighted by Gasteiger charge is -2.21. The first-order valence-corrected chi connectivity index (χ1v) is 12.8. The molecule has 0 aliphatic rings. The molecule has 0 atom stereocenters. The Hall–Kier alpha value is -2.46. The molecule has 1 N–H and O–H groups in total. The lowest BCUT2D eigenvalue weighted by atomic mass is 10.2. The number of rotatable bonds is 11. The van der Waals surface area contributed by atoms with Crippen molar-refractivity contribution in [2.75, 3.05) is 25.0 Å². The third kappa shape index (κ3) is 6.07. The minimum atomic E-state index is -3.62. The molecule has 1 aromatic carbocycles. The fraction of sp³-hybridized carbons (Fsp3) is 0.348. The molecule has 7 nitrogen and oxygen atoms in total. The van der Waals surface area contributed by atoms with E-state index in [0.29, 0.717) is 37.4 Å². The van der Waals surface area contributed by atoms with Crippen LogP contribution in [-0.4, -0.2) is 43.2 Å². The Morgan fingerprint density at radius 1 is 1.09 bits per heavy atom. The van der Waals surface area contributed by atoms with Gasteiger partial charge in [0.15, 0.2) is 0 Å². The predicted molar refractivity (Wildman–Crippen MR) is 127 cm³/mol. The lowest BCUT2D eigenvalue weighted by molar-refractivity contribution is -0.117. The number of hydrogen-bond donors (Lipinski definition) is 1. The van der Waals surface area contributed by atoms with E-state index in [1.165, 1.54) is 10.4 Å². The number of nitrogens with zero attached hydrogens (tertiary/aromatic N) is 2. The molecular weight excluding hydrogens is 446 g/mol. The number of sulfonamides is 1. The highest BCUT2D eigenvalue weighted by Crippen LogP contribution is 2.24. The maximum absolute atomic E-state index is 13.0. The molecule has 2 heterocycles. The van der Waals surface area contributed by atoms with Gasteiger partial charge >= 0.3 is 0 Å². The summed E-state index contributed by atoms with van der Waals surface area (Å²) in [4.78, 5) is 16.2. The number of amides is 1. The molecule has 0 bridgehead atoms. The van der Waals surface area contributed by atoms with Crippen LogP contribution in [0.3, 0.4) is 0 Å². The Morgan fingerprint density at radius 3 is 2.50 bits per heavy atom. The van der Waals surface area contributed by atoms with Crippen LogP contribution in [0.2, 0.25) is 0 Å². The van der Waals surface area contributed by atoms with E-state index in [9.17, 15) is 13.2 Å². The largest absolute Gasteiger partial charge is 0.468 e. The van der Waals surface area contributed by atoms with Gasteiger partial charge in [0.2, 0.25) is 15.9 Å². The molecule has 172 valence electrons. The van der Waals surface area contributed by atoms with Gasteiger partial charge < -0.3 is 9.73 Å². The van der Waals surface area contributed by atoms with Crippen LogP contribution in [0.15, 0.2) is 63.4 Å². The Kier molecular flexibility index (Phi) is 8.25. The Labute approximate surface area is 193 Å². The second-order valence-corrected chi connectivity index (χ2v) is 10.4. The topological polar surface area (TPSA) is 82.9 Å². The van der Waals surface area contributed by atoms with Gasteiger partial charge in [0.1, 0.15) is 5.76 Å². The number of hydrogen-bond acceptors (Lipinski definition) is 6. The molecule has 3 rings (SSSR count). The summed E-state index contributed by atoms with van der Waals surface area (Å²) in [5.74, 6) is 0.556. The van der Waals surface area contributed by atoms with Crippen molar-refractivity contribution in [3.63, 3.8) is 0 Å². The Balaban J connectivity index is 1.74. The number of anilines is 1. The summed E-state index contributed by atoms with van der Waals surface area (Å²) in [6.07, 6.45) is 1.61. The summed E-state index contributed by atoms with van der Waals surface area (Å²) in [6, 6.07) is 12.7. The second kappa shape index (κ2) is 10.9. The minimum Gasteiger partial charge on any atom is -0.468 e. The van der Waals surface area contributed by atoms with E-state index in [0.717, 1.165) is 10.6 Å². The summed E-state index contributed by atoms with van der Waals surface area (Å²) >= 11 is 1.63. The summed E-state index contributed by atoms with van der Waals surface area (Å²) in [6.45, 7) is 7.40. The Morgan fingerprint density at radius 2 is 1.88 bits per heavy atom. The molecular formula is C23H29N3O4S2. The van der Waals surface area contributed by atoms with Crippen LogP contribution in [0.5, 0.6) is 0 Å². The number of aryl methyl sites for hydroxylation is 1. The lowest BCUT2D eigenvalue weighted by Crippen LogP contribution is -2.33. The first kappa shape index (κ1) is 24.2. The van der Waals surface area contributed by atoms with E-state index < -0.39 is 10.0 Å². The monoisotopic (exact) mass is 475 g/mol. The number of carbonyl (C=O) groups excluding carboxylic acids is 1. The first-order valence-electron chi connectivity index (χ1n) is 10.5. The van der Waals surface area contributed by atoms with Gasteiger partial charge in [-0.3, -0.25) is 9.69 Å². The van der Waals surface area contributed by atoms with Gasteiger partial charge in [-0.1, -0.05) is 26.0 Å². The van der Waals surface area contributed by atoms with Gasteiger partial charge in [0.05, 0.1) is 24.2 Å². The Bertz CT molecular complexity index is 1070. The van der Waals surface area contributed by atoms with E-state index in [1.807, 2.05) is 48.4 Å². The molecule has 0 unspecified atom stereocenters. The average Bonchev–Trinajstić information content (AvgIpc) is 3.44. The van der Waals surface area contributed by atoms with E-state index in [2.05, 4.69) is 5.32 Å². The molecule has 2 aromatic heterocycles. The maximum atomic E-state index is 13.0. The quantitative estimate of drug-likeness (QED) is 0.447. The second-order valence-electron chi connectivity index (χ2n) is 7.42. The molecule has 0 saturated carbocycles. The normalized spacial score (nSPS) is 11.9. The van der Waals surface area contributed by atoms with Crippen LogP contribution in [0.4, 0.5) is 5.69 Å². The standard InChI is InChI=1S/C23H29N3O4S2/c1-4-26(5-2)32(28,29)22-14-19(11-10-18(22)3)24-23(27)17-25(15-20-8-6-12-30-20)16-21-9-7-13-31-21/h6-14H,4-5,15-17H2,1-3H3,(H,24,27). The summed E-state index contributed by atoms with van der Waals surface area (Å²) in [7, 11) is -3.62. The van der Waals surface area contributed by atoms with Gasteiger partial charge in [0.25, 0.3) is 0 Å². The van der Waals surface area contributed by atoms with Crippen LogP contribution >= 0.6 is 11.3 Å². The van der Waals surface area contributed by atoms with Gasteiger partial charge in [0, 0.05) is 30.2 Å². The summed E-state index contributed by atoms with van der Waals surface area (Å²) in [5.41, 5.74) is 1.10. The van der Waals surface area contributed by atoms with Crippen LogP contribution in [0.25, 0.3) is 0 Å². The highest BCUT2D eigenvalue weighted by atomic mass is 32.2. The molecule has 0 fully saturated rings. The fourth-order valence-electron chi connectivity index (χ4n) is 3.48. The highest BCUT2D eigenvalue weighted by molar-refractivity contribution is 7.89.